The molecule has 1 heterocycles. The van der Waals surface area contributed by atoms with Gasteiger partial charge in [0, 0.05) is 25.2 Å². The number of rotatable bonds is 5. The molecule has 0 radical (unpaired) electrons. The van der Waals surface area contributed by atoms with E-state index in [1.54, 1.807) is 0 Å². The monoisotopic (exact) mass is 402 g/mol. The summed E-state index contributed by atoms with van der Waals surface area (Å²) in [6.45, 7) is 1.98. The van der Waals surface area contributed by atoms with Gasteiger partial charge in [0.1, 0.15) is 5.01 Å². The Bertz CT molecular complexity index is 1070. The van der Waals surface area contributed by atoms with E-state index in [1.807, 2.05) is 31.2 Å². The summed E-state index contributed by atoms with van der Waals surface area (Å²) in [4.78, 5) is 12.5. The second-order valence-corrected chi connectivity index (χ2v) is 9.12. The van der Waals surface area contributed by atoms with Gasteiger partial charge in [0.05, 0.1) is 4.90 Å². The Labute approximate surface area is 161 Å². The third-order valence-electron chi connectivity index (χ3n) is 3.92. The van der Waals surface area contributed by atoms with Gasteiger partial charge in [-0.1, -0.05) is 35.6 Å². The highest BCUT2D eigenvalue weighted by Gasteiger charge is 2.18. The van der Waals surface area contributed by atoms with Crippen molar-refractivity contribution in [1.29, 1.82) is 0 Å². The van der Waals surface area contributed by atoms with Gasteiger partial charge in [-0.2, -0.15) is 0 Å². The van der Waals surface area contributed by atoms with Gasteiger partial charge < -0.3 is 0 Å². The highest BCUT2D eigenvalue weighted by atomic mass is 32.2. The Morgan fingerprint density at radius 1 is 1.04 bits per heavy atom. The number of benzene rings is 2. The first-order valence-corrected chi connectivity index (χ1v) is 10.3. The van der Waals surface area contributed by atoms with Crippen molar-refractivity contribution in [2.24, 2.45) is 0 Å². The molecular weight excluding hydrogens is 384 g/mol. The lowest BCUT2D eigenvalue weighted by molar-refractivity contribution is 0.102. The predicted octanol–water partition coefficient (Wildman–Crippen LogP) is 3.02. The Hall–Kier alpha value is -2.62. The summed E-state index contributed by atoms with van der Waals surface area (Å²) < 4.78 is 25.3. The molecule has 27 heavy (non-hydrogen) atoms. The number of hydrogen-bond acceptors (Lipinski definition) is 6. The van der Waals surface area contributed by atoms with Crippen LogP contribution in [0.15, 0.2) is 53.4 Å². The number of amides is 1. The molecule has 1 amide bonds. The molecule has 7 nitrogen and oxygen atoms in total. The number of hydrogen-bond donors (Lipinski definition) is 1. The maximum atomic E-state index is 12.4. The van der Waals surface area contributed by atoms with Crippen LogP contribution < -0.4 is 5.32 Å². The molecule has 140 valence electrons. The highest BCUT2D eigenvalue weighted by Crippen LogP contribution is 2.28. The van der Waals surface area contributed by atoms with Crippen molar-refractivity contribution >= 4 is 32.4 Å². The fourth-order valence-electron chi connectivity index (χ4n) is 2.35. The molecule has 2 aromatic carbocycles. The first-order valence-electron chi connectivity index (χ1n) is 8.02. The van der Waals surface area contributed by atoms with Crippen LogP contribution in [0.4, 0.5) is 5.13 Å². The number of carbonyl (C=O) groups is 1. The fourth-order valence-corrected chi connectivity index (χ4v) is 4.08. The third kappa shape index (κ3) is 4.05. The molecule has 1 N–H and O–H groups in total. The van der Waals surface area contributed by atoms with Crippen molar-refractivity contribution in [1.82, 2.24) is 14.5 Å². The van der Waals surface area contributed by atoms with Gasteiger partial charge in [-0.15, -0.1) is 10.2 Å². The first-order chi connectivity index (χ1) is 12.8. The van der Waals surface area contributed by atoms with Gasteiger partial charge in [-0.3, -0.25) is 10.1 Å². The summed E-state index contributed by atoms with van der Waals surface area (Å²) in [5.74, 6) is -0.378. The largest absolute Gasteiger partial charge is 0.296 e. The summed E-state index contributed by atoms with van der Waals surface area (Å²) in [5, 5.41) is 11.9. The number of nitrogens with zero attached hydrogens (tertiary/aromatic N) is 3. The minimum atomic E-state index is -3.53. The van der Waals surface area contributed by atoms with Crippen molar-refractivity contribution in [3.8, 4) is 10.6 Å². The number of sulfonamides is 1. The standard InChI is InChI=1S/C18H18N4O3S2/c1-12-6-4-5-7-15(12)17-20-21-18(26-17)19-16(23)13-8-10-14(11-9-13)27(24,25)22(2)3/h4-11H,1-3H3,(H,19,21,23). The minimum Gasteiger partial charge on any atom is -0.296 e. The van der Waals surface area contributed by atoms with Crippen LogP contribution in [0.25, 0.3) is 10.6 Å². The van der Waals surface area contributed by atoms with Gasteiger partial charge in [-0.05, 0) is 36.8 Å². The molecule has 0 saturated carbocycles. The van der Waals surface area contributed by atoms with Crippen LogP contribution >= 0.6 is 11.3 Å². The van der Waals surface area contributed by atoms with E-state index >= 15 is 0 Å². The molecule has 0 aliphatic carbocycles. The van der Waals surface area contributed by atoms with Crippen LogP contribution in [0.1, 0.15) is 15.9 Å². The molecule has 0 saturated heterocycles. The van der Waals surface area contributed by atoms with E-state index in [0.717, 1.165) is 20.4 Å². The number of aromatic nitrogens is 2. The Morgan fingerprint density at radius 2 is 1.70 bits per heavy atom. The zero-order valence-corrected chi connectivity index (χ0v) is 16.6. The summed E-state index contributed by atoms with van der Waals surface area (Å²) >= 11 is 1.28. The molecule has 9 heteroatoms. The molecule has 0 fully saturated rings. The van der Waals surface area contributed by atoms with E-state index < -0.39 is 10.0 Å². The van der Waals surface area contributed by atoms with E-state index in [4.69, 9.17) is 0 Å². The van der Waals surface area contributed by atoms with Gasteiger partial charge >= 0.3 is 0 Å². The van der Waals surface area contributed by atoms with Gasteiger partial charge in [-0.25, -0.2) is 12.7 Å². The third-order valence-corrected chi connectivity index (χ3v) is 6.62. The Balaban J connectivity index is 1.76. The fraction of sp³-hybridized carbons (Fsp3) is 0.167. The van der Waals surface area contributed by atoms with Gasteiger partial charge in [0.2, 0.25) is 15.2 Å². The first kappa shape index (κ1) is 19.2. The SMILES string of the molecule is Cc1ccccc1-c1nnc(NC(=O)c2ccc(S(=O)(=O)N(C)C)cc2)s1. The second kappa shape index (κ2) is 7.55. The van der Waals surface area contributed by atoms with Crippen molar-refractivity contribution in [3.63, 3.8) is 0 Å². The zero-order valence-electron chi connectivity index (χ0n) is 15.0. The molecule has 0 aliphatic rings. The van der Waals surface area contributed by atoms with Crippen LogP contribution in [0.3, 0.4) is 0 Å². The Kier molecular flexibility index (Phi) is 5.36. The molecule has 0 bridgehead atoms. The topological polar surface area (TPSA) is 92.3 Å². The van der Waals surface area contributed by atoms with Crippen LogP contribution in [0, 0.1) is 6.92 Å². The van der Waals surface area contributed by atoms with Crippen LogP contribution in [-0.4, -0.2) is 42.9 Å². The molecule has 3 aromatic rings. The summed E-state index contributed by atoms with van der Waals surface area (Å²) in [7, 11) is -0.617. The number of aryl methyl sites for hydroxylation is 1. The average molecular weight is 403 g/mol. The average Bonchev–Trinajstić information content (AvgIpc) is 3.10. The van der Waals surface area contributed by atoms with E-state index in [-0.39, 0.29) is 10.8 Å². The minimum absolute atomic E-state index is 0.127. The van der Waals surface area contributed by atoms with Crippen LogP contribution in [-0.2, 0) is 10.0 Å². The molecule has 0 spiro atoms. The molecular formula is C18H18N4O3S2. The van der Waals surface area contributed by atoms with E-state index in [9.17, 15) is 13.2 Å². The van der Waals surface area contributed by atoms with Crippen LogP contribution in [0.2, 0.25) is 0 Å². The quantitative estimate of drug-likeness (QED) is 0.708. The Morgan fingerprint density at radius 3 is 2.33 bits per heavy atom. The zero-order chi connectivity index (χ0) is 19.6. The maximum absolute atomic E-state index is 12.4. The van der Waals surface area contributed by atoms with Crippen LogP contribution in [0.5, 0.6) is 0 Å². The smallest absolute Gasteiger partial charge is 0.257 e. The maximum Gasteiger partial charge on any atom is 0.257 e. The second-order valence-electron chi connectivity index (χ2n) is 5.99. The lowest BCUT2D eigenvalue weighted by Crippen LogP contribution is -2.22. The lowest BCUT2D eigenvalue weighted by Gasteiger charge is -2.11. The van der Waals surface area contributed by atoms with E-state index in [2.05, 4.69) is 15.5 Å². The molecule has 0 aliphatic heterocycles. The van der Waals surface area contributed by atoms with Crippen molar-refractivity contribution in [2.75, 3.05) is 19.4 Å². The number of carbonyl (C=O) groups excluding carboxylic acids is 1. The normalized spacial score (nSPS) is 11.6. The van der Waals surface area contributed by atoms with Crippen molar-refractivity contribution < 1.29 is 13.2 Å². The molecule has 3 rings (SSSR count). The summed E-state index contributed by atoms with van der Waals surface area (Å²) in [5.41, 5.74) is 2.37. The number of anilines is 1. The van der Waals surface area contributed by atoms with Gasteiger partial charge in [0.15, 0.2) is 0 Å². The van der Waals surface area contributed by atoms with E-state index in [0.29, 0.717) is 10.7 Å². The van der Waals surface area contributed by atoms with Crippen molar-refractivity contribution in [2.45, 2.75) is 11.8 Å². The van der Waals surface area contributed by atoms with E-state index in [1.165, 1.54) is 49.7 Å². The molecule has 0 unspecified atom stereocenters. The molecule has 1 aromatic heterocycles. The highest BCUT2D eigenvalue weighted by molar-refractivity contribution is 7.89. The summed E-state index contributed by atoms with van der Waals surface area (Å²) in [6, 6.07) is 13.5. The molecule has 0 atom stereocenters. The van der Waals surface area contributed by atoms with Gasteiger partial charge in [0.25, 0.3) is 5.91 Å². The number of nitrogens with one attached hydrogen (secondary N) is 1. The lowest BCUT2D eigenvalue weighted by atomic mass is 10.1. The van der Waals surface area contributed by atoms with Crippen molar-refractivity contribution in [3.05, 3.63) is 59.7 Å². The predicted molar refractivity (Wildman–Crippen MR) is 105 cm³/mol. The summed E-state index contributed by atoms with van der Waals surface area (Å²) in [6.07, 6.45) is 0.